The van der Waals surface area contributed by atoms with E-state index in [0.717, 1.165) is 16.3 Å². The average Bonchev–Trinajstić information content (AvgIpc) is 3.20. The van der Waals surface area contributed by atoms with E-state index in [1.165, 1.54) is 17.2 Å². The van der Waals surface area contributed by atoms with E-state index < -0.39 is 9.84 Å². The Morgan fingerprint density at radius 1 is 0.966 bits per heavy atom. The molecule has 146 valence electrons. The van der Waals surface area contributed by atoms with Crippen LogP contribution in [-0.2, 0) is 9.84 Å². The van der Waals surface area contributed by atoms with Crippen molar-refractivity contribution in [1.82, 2.24) is 10.2 Å². The summed E-state index contributed by atoms with van der Waals surface area (Å²) >= 11 is 7.22. The van der Waals surface area contributed by atoms with Gasteiger partial charge in [0.05, 0.1) is 4.90 Å². The lowest BCUT2D eigenvalue weighted by molar-refractivity contribution is 0.466. The summed E-state index contributed by atoms with van der Waals surface area (Å²) in [6.45, 7) is 0. The van der Waals surface area contributed by atoms with E-state index in [-0.39, 0.29) is 4.90 Å². The number of rotatable bonds is 6. The van der Waals surface area contributed by atoms with E-state index in [0.29, 0.717) is 21.9 Å². The normalized spacial score (nSPS) is 12.0. The molecule has 0 aliphatic heterocycles. The lowest BCUT2D eigenvalue weighted by Crippen LogP contribution is -1.96. The van der Waals surface area contributed by atoms with Crippen LogP contribution in [-0.4, -0.2) is 24.4 Å². The van der Waals surface area contributed by atoms with Crippen LogP contribution in [0.4, 0.5) is 0 Å². The summed E-state index contributed by atoms with van der Waals surface area (Å²) in [5, 5.41) is 12.0. The quantitative estimate of drug-likeness (QED) is 0.360. The molecule has 0 fully saturated rings. The predicted molar refractivity (Wildman–Crippen MR) is 116 cm³/mol. The Bertz CT molecular complexity index is 1300. The molecule has 0 saturated heterocycles. The molecular weight excluding hydrogens is 428 g/mol. The zero-order valence-electron chi connectivity index (χ0n) is 15.0. The van der Waals surface area contributed by atoms with Crippen molar-refractivity contribution in [3.05, 3.63) is 83.2 Å². The van der Waals surface area contributed by atoms with Gasteiger partial charge in [-0.1, -0.05) is 65.8 Å². The predicted octanol–water partition coefficient (Wildman–Crippen LogP) is 5.62. The summed E-state index contributed by atoms with van der Waals surface area (Å²) in [5.41, 5.74) is 0.728. The van der Waals surface area contributed by atoms with Crippen LogP contribution in [0.5, 0.6) is 0 Å². The summed E-state index contributed by atoms with van der Waals surface area (Å²) < 4.78 is 30.7. The van der Waals surface area contributed by atoms with E-state index in [2.05, 4.69) is 10.2 Å². The molecule has 0 bridgehead atoms. The molecule has 1 aromatic heterocycles. The number of aromatic nitrogens is 2. The van der Waals surface area contributed by atoms with Crippen molar-refractivity contribution in [1.29, 1.82) is 0 Å². The molecule has 0 atom stereocenters. The molecule has 0 amide bonds. The number of nitrogens with zero attached hydrogens (tertiary/aromatic N) is 2. The molecule has 0 aliphatic carbocycles. The van der Waals surface area contributed by atoms with Crippen LogP contribution in [0.15, 0.2) is 92.7 Å². The Labute approximate surface area is 177 Å². The van der Waals surface area contributed by atoms with Crippen LogP contribution in [0, 0.1) is 0 Å². The zero-order valence-corrected chi connectivity index (χ0v) is 17.4. The zero-order chi connectivity index (χ0) is 20.3. The van der Waals surface area contributed by atoms with Crippen LogP contribution in [0.3, 0.4) is 0 Å². The number of sulfone groups is 1. The third kappa shape index (κ3) is 4.70. The molecular formula is C21H15ClN2O3S2. The summed E-state index contributed by atoms with van der Waals surface area (Å²) in [6.07, 6.45) is 1.57. The van der Waals surface area contributed by atoms with Crippen molar-refractivity contribution in [3.63, 3.8) is 0 Å². The number of thioether (sulfide) groups is 1. The van der Waals surface area contributed by atoms with Gasteiger partial charge in [0.2, 0.25) is 5.89 Å². The maximum absolute atomic E-state index is 12.5. The first-order valence-electron chi connectivity index (χ1n) is 8.64. The van der Waals surface area contributed by atoms with Crippen LogP contribution in [0.1, 0.15) is 0 Å². The van der Waals surface area contributed by atoms with E-state index in [1.54, 1.807) is 42.5 Å². The van der Waals surface area contributed by atoms with Gasteiger partial charge in [-0.2, -0.15) is 0 Å². The fraction of sp³-hybridized carbons (Fsp3) is 0.0476. The molecule has 0 aliphatic rings. The van der Waals surface area contributed by atoms with Gasteiger partial charge in [-0.05, 0) is 41.1 Å². The highest BCUT2D eigenvalue weighted by atomic mass is 35.5. The second kappa shape index (κ2) is 8.41. The molecule has 0 N–H and O–H groups in total. The highest BCUT2D eigenvalue weighted by Crippen LogP contribution is 2.25. The highest BCUT2D eigenvalue weighted by Gasteiger charge is 2.12. The number of halogens is 1. The van der Waals surface area contributed by atoms with Crippen LogP contribution in [0.2, 0.25) is 5.02 Å². The first-order chi connectivity index (χ1) is 14.0. The topological polar surface area (TPSA) is 73.1 Å². The number of hydrogen-bond donors (Lipinski definition) is 0. The number of benzene rings is 3. The molecule has 8 heteroatoms. The average molecular weight is 443 g/mol. The van der Waals surface area contributed by atoms with Crippen molar-refractivity contribution in [2.75, 3.05) is 5.75 Å². The Balaban J connectivity index is 1.42. The second-order valence-electron chi connectivity index (χ2n) is 6.12. The van der Waals surface area contributed by atoms with Crippen LogP contribution in [0.25, 0.3) is 22.2 Å². The van der Waals surface area contributed by atoms with Crippen molar-refractivity contribution in [2.24, 2.45) is 0 Å². The second-order valence-corrected chi connectivity index (χ2v) is 9.36. The monoisotopic (exact) mass is 442 g/mol. The minimum absolute atomic E-state index is 0.262. The minimum atomic E-state index is -3.52. The van der Waals surface area contributed by atoms with Crippen molar-refractivity contribution in [3.8, 4) is 11.5 Å². The van der Waals surface area contributed by atoms with Gasteiger partial charge in [0, 0.05) is 21.7 Å². The molecule has 4 rings (SSSR count). The lowest BCUT2D eigenvalue weighted by Gasteiger charge is -2.02. The van der Waals surface area contributed by atoms with Gasteiger partial charge in [0.25, 0.3) is 5.22 Å². The molecule has 4 aromatic rings. The molecule has 0 unspecified atom stereocenters. The van der Waals surface area contributed by atoms with Gasteiger partial charge < -0.3 is 4.42 Å². The third-order valence-electron chi connectivity index (χ3n) is 4.11. The molecule has 29 heavy (non-hydrogen) atoms. The van der Waals surface area contributed by atoms with Gasteiger partial charge in [0.1, 0.15) is 0 Å². The molecule has 3 aromatic carbocycles. The van der Waals surface area contributed by atoms with Gasteiger partial charge in [-0.15, -0.1) is 10.2 Å². The van der Waals surface area contributed by atoms with Gasteiger partial charge in [-0.3, -0.25) is 0 Å². The van der Waals surface area contributed by atoms with Gasteiger partial charge in [-0.25, -0.2) is 8.42 Å². The van der Waals surface area contributed by atoms with Crippen LogP contribution < -0.4 is 0 Å². The Kier molecular flexibility index (Phi) is 5.71. The SMILES string of the molecule is O=S(=O)(/C=C/CSc1nnc(-c2cccc(Cl)c2)o1)c1ccc2ccccc2c1. The van der Waals surface area contributed by atoms with Gasteiger partial charge in [0.15, 0.2) is 9.84 Å². The largest absolute Gasteiger partial charge is 0.411 e. The van der Waals surface area contributed by atoms with E-state index in [1.807, 2.05) is 30.3 Å². The summed E-state index contributed by atoms with van der Waals surface area (Å²) in [5.74, 6) is 0.743. The van der Waals surface area contributed by atoms with Crippen LogP contribution >= 0.6 is 23.4 Å². The minimum Gasteiger partial charge on any atom is -0.411 e. The first-order valence-corrected chi connectivity index (χ1v) is 11.5. The molecule has 0 radical (unpaired) electrons. The smallest absolute Gasteiger partial charge is 0.277 e. The Morgan fingerprint density at radius 3 is 2.62 bits per heavy atom. The van der Waals surface area contributed by atoms with Crippen molar-refractivity contribution >= 4 is 44.0 Å². The van der Waals surface area contributed by atoms with E-state index in [4.69, 9.17) is 16.0 Å². The Hall–Kier alpha value is -2.61. The van der Waals surface area contributed by atoms with E-state index in [9.17, 15) is 8.42 Å². The molecule has 0 spiro atoms. The standard InChI is InChI=1S/C21H15ClN2O3S2/c22-18-8-3-7-17(13-18)20-23-24-21(27-20)28-11-4-12-29(25,26)19-10-9-15-5-1-2-6-16(15)14-19/h1-10,12-14H,11H2/b12-4+. The summed E-state index contributed by atoms with van der Waals surface area (Å²) in [4.78, 5) is 0.262. The molecule has 5 nitrogen and oxygen atoms in total. The highest BCUT2D eigenvalue weighted by molar-refractivity contribution is 7.99. The summed E-state index contributed by atoms with van der Waals surface area (Å²) in [7, 11) is -3.52. The maximum Gasteiger partial charge on any atom is 0.277 e. The van der Waals surface area contributed by atoms with Gasteiger partial charge >= 0.3 is 0 Å². The fourth-order valence-corrected chi connectivity index (χ4v) is 4.65. The first kappa shape index (κ1) is 19.7. The fourth-order valence-electron chi connectivity index (χ4n) is 2.71. The third-order valence-corrected chi connectivity index (χ3v) is 6.57. The molecule has 1 heterocycles. The Morgan fingerprint density at radius 2 is 1.79 bits per heavy atom. The summed E-state index contributed by atoms with van der Waals surface area (Å²) in [6, 6.07) is 19.9. The van der Waals surface area contributed by atoms with E-state index >= 15 is 0 Å². The number of hydrogen-bond acceptors (Lipinski definition) is 6. The maximum atomic E-state index is 12.5. The van der Waals surface area contributed by atoms with Crippen molar-refractivity contribution in [2.45, 2.75) is 10.1 Å². The molecule has 0 saturated carbocycles. The van der Waals surface area contributed by atoms with Crippen molar-refractivity contribution < 1.29 is 12.8 Å². The number of fused-ring (bicyclic) bond motifs is 1. The lowest BCUT2D eigenvalue weighted by atomic mass is 10.1.